The molecular weight excluding hydrogens is 499 g/mol. The van der Waals surface area contributed by atoms with Gasteiger partial charge in [-0.2, -0.15) is 13.2 Å². The number of nitrogens with one attached hydrogen (secondary N) is 2. The Labute approximate surface area is 219 Å². The van der Waals surface area contributed by atoms with Gasteiger partial charge in [0.2, 0.25) is 5.91 Å². The third-order valence-corrected chi connectivity index (χ3v) is 7.39. The van der Waals surface area contributed by atoms with Crippen LogP contribution in [0.1, 0.15) is 55.8 Å². The number of alkyl halides is 3. The second kappa shape index (κ2) is 11.1. The van der Waals surface area contributed by atoms with Crippen LogP contribution in [0.5, 0.6) is 0 Å². The van der Waals surface area contributed by atoms with Crippen LogP contribution in [0.3, 0.4) is 0 Å². The largest absolute Gasteiger partial charge is 0.412 e. The second-order valence-electron chi connectivity index (χ2n) is 10.1. The Bertz CT molecular complexity index is 1300. The minimum Gasteiger partial charge on any atom is -0.377 e. The van der Waals surface area contributed by atoms with E-state index in [1.54, 1.807) is 37.1 Å². The molecule has 0 bridgehead atoms. The van der Waals surface area contributed by atoms with E-state index in [0.717, 1.165) is 38.2 Å². The number of rotatable bonds is 7. The Kier molecular flexibility index (Phi) is 8.10. The Morgan fingerprint density at radius 1 is 1.13 bits per heavy atom. The first kappa shape index (κ1) is 27.6. The number of nitrogens with zero attached hydrogens (tertiary/aromatic N) is 1. The topological polar surface area (TPSA) is 91.5 Å². The molecule has 0 saturated heterocycles. The zero-order chi connectivity index (χ0) is 27.6. The van der Waals surface area contributed by atoms with Crippen molar-refractivity contribution in [3.05, 3.63) is 47.1 Å². The van der Waals surface area contributed by atoms with Crippen LogP contribution in [0.4, 0.5) is 24.7 Å². The quantitative estimate of drug-likeness (QED) is 0.433. The summed E-state index contributed by atoms with van der Waals surface area (Å²) in [5, 5.41) is 3.22. The monoisotopic (exact) mass is 531 g/mol. The van der Waals surface area contributed by atoms with Crippen molar-refractivity contribution in [2.45, 2.75) is 51.6 Å². The molecular formula is C28H32F3N3O4. The van der Waals surface area contributed by atoms with Crippen LogP contribution in [0.15, 0.2) is 41.5 Å². The molecule has 1 saturated carbocycles. The summed E-state index contributed by atoms with van der Waals surface area (Å²) in [5.41, 5.74) is 0.873. The van der Waals surface area contributed by atoms with Gasteiger partial charge in [-0.1, -0.05) is 38.3 Å². The normalized spacial score (nSPS) is 18.6. The van der Waals surface area contributed by atoms with Crippen molar-refractivity contribution in [3.8, 4) is 0 Å². The van der Waals surface area contributed by atoms with Gasteiger partial charge in [-0.25, -0.2) is 0 Å². The van der Waals surface area contributed by atoms with Crippen LogP contribution >= 0.6 is 0 Å². The Morgan fingerprint density at radius 3 is 2.47 bits per heavy atom. The first-order valence-electron chi connectivity index (χ1n) is 12.8. The van der Waals surface area contributed by atoms with Crippen molar-refractivity contribution in [2.24, 2.45) is 11.8 Å². The maximum atomic E-state index is 13.1. The number of ether oxygens (including phenoxy) is 1. The average molecular weight is 532 g/mol. The van der Waals surface area contributed by atoms with Gasteiger partial charge >= 0.3 is 6.18 Å². The van der Waals surface area contributed by atoms with Gasteiger partial charge in [0.1, 0.15) is 12.4 Å². The summed E-state index contributed by atoms with van der Waals surface area (Å²) in [7, 11) is 3.11. The number of aromatic nitrogens is 1. The lowest BCUT2D eigenvalue weighted by Gasteiger charge is -2.26. The number of allylic oxidation sites excluding steroid dienone is 3. The van der Waals surface area contributed by atoms with Crippen molar-refractivity contribution < 1.29 is 32.3 Å². The van der Waals surface area contributed by atoms with Crippen LogP contribution < -0.4 is 10.2 Å². The summed E-state index contributed by atoms with van der Waals surface area (Å²) in [4.78, 5) is 43.7. The molecule has 7 nitrogen and oxygen atoms in total. The third-order valence-electron chi connectivity index (χ3n) is 7.39. The molecule has 2 aromatic rings. The highest BCUT2D eigenvalue weighted by Crippen LogP contribution is 2.37. The van der Waals surface area contributed by atoms with E-state index < -0.39 is 23.6 Å². The summed E-state index contributed by atoms with van der Waals surface area (Å²) in [6, 6.07) is 5.21. The number of anilines is 2. The lowest BCUT2D eigenvalue weighted by atomic mass is 9.87. The zero-order valence-corrected chi connectivity index (χ0v) is 21.7. The lowest BCUT2D eigenvalue weighted by molar-refractivity contribution is -0.123. The number of carbonyl (C=O) groups is 3. The van der Waals surface area contributed by atoms with Crippen LogP contribution in [-0.4, -0.2) is 49.5 Å². The smallest absolute Gasteiger partial charge is 0.377 e. The molecule has 2 amide bonds. The highest BCUT2D eigenvalue weighted by molar-refractivity contribution is 6.17. The van der Waals surface area contributed by atoms with E-state index in [9.17, 15) is 27.6 Å². The summed E-state index contributed by atoms with van der Waals surface area (Å²) in [6.07, 6.45) is 2.29. The number of hydrogen-bond acceptors (Lipinski definition) is 4. The number of fused-ring (bicyclic) bond motifs is 1. The van der Waals surface area contributed by atoms with E-state index in [1.807, 2.05) is 0 Å². The summed E-state index contributed by atoms with van der Waals surface area (Å²) in [5.74, 6) is -1.48. The predicted molar refractivity (Wildman–Crippen MR) is 139 cm³/mol. The molecule has 0 aliphatic heterocycles. The summed E-state index contributed by atoms with van der Waals surface area (Å²) < 4.78 is 44.3. The van der Waals surface area contributed by atoms with Crippen molar-refractivity contribution in [1.82, 2.24) is 4.98 Å². The number of halogens is 3. The number of methoxy groups -OCH3 is 1. The van der Waals surface area contributed by atoms with Gasteiger partial charge in [0.25, 0.3) is 5.91 Å². The fourth-order valence-electron chi connectivity index (χ4n) is 5.29. The van der Waals surface area contributed by atoms with Crippen LogP contribution in [0.2, 0.25) is 0 Å². The molecule has 2 aliphatic rings. The van der Waals surface area contributed by atoms with Gasteiger partial charge in [-0.05, 0) is 43.4 Å². The molecule has 1 aromatic heterocycles. The number of benzene rings is 1. The average Bonchev–Trinajstić information content (AvgIpc) is 3.24. The Hall–Kier alpha value is -3.40. The molecule has 10 heteroatoms. The van der Waals surface area contributed by atoms with Gasteiger partial charge in [0, 0.05) is 47.8 Å². The fourth-order valence-corrected chi connectivity index (χ4v) is 5.29. The van der Waals surface area contributed by atoms with E-state index in [2.05, 4.69) is 10.3 Å². The predicted octanol–water partition coefficient (Wildman–Crippen LogP) is 5.93. The molecule has 2 N–H and O–H groups in total. The Balaban J connectivity index is 1.65. The van der Waals surface area contributed by atoms with E-state index >= 15 is 0 Å². The molecule has 1 unspecified atom stereocenters. The standard InChI is InChI=1S/C28H32F3N3O4/c1-16-13-18(28(29,30)31)9-11-20(16)26(36)33-25-24(23(35)15-38-3)21-12-10-19(14-22(21)32-25)34(2)27(37)17-7-5-4-6-8-17/h9-12,14,16-17,32H,4-8,13,15H2,1-3H3,(H,33,36). The van der Waals surface area contributed by atoms with Gasteiger partial charge < -0.3 is 19.9 Å². The van der Waals surface area contributed by atoms with E-state index in [-0.39, 0.29) is 47.6 Å². The van der Waals surface area contributed by atoms with E-state index in [1.165, 1.54) is 13.2 Å². The molecule has 1 atom stereocenters. The van der Waals surface area contributed by atoms with Gasteiger partial charge in [0.05, 0.1) is 5.56 Å². The van der Waals surface area contributed by atoms with Gasteiger partial charge in [-0.15, -0.1) is 0 Å². The highest BCUT2D eigenvalue weighted by Gasteiger charge is 2.37. The molecule has 38 heavy (non-hydrogen) atoms. The number of hydrogen-bond donors (Lipinski definition) is 2. The molecule has 0 spiro atoms. The number of carbonyl (C=O) groups excluding carboxylic acids is 3. The second-order valence-corrected chi connectivity index (χ2v) is 10.1. The van der Waals surface area contributed by atoms with Gasteiger partial charge in [0.15, 0.2) is 5.78 Å². The number of aromatic amines is 1. The summed E-state index contributed by atoms with van der Waals surface area (Å²) >= 11 is 0. The molecule has 2 aliphatic carbocycles. The van der Waals surface area contributed by atoms with Crippen molar-refractivity contribution in [3.63, 3.8) is 0 Å². The number of Topliss-reactive ketones (excluding diaryl/α,β-unsaturated/α-hetero) is 1. The number of H-pyrrole nitrogens is 1. The first-order chi connectivity index (χ1) is 18.0. The van der Waals surface area contributed by atoms with Gasteiger partial charge in [-0.3, -0.25) is 14.4 Å². The molecule has 1 fully saturated rings. The lowest BCUT2D eigenvalue weighted by Crippen LogP contribution is -2.33. The zero-order valence-electron chi connectivity index (χ0n) is 21.7. The van der Waals surface area contributed by atoms with Crippen LogP contribution in [-0.2, 0) is 14.3 Å². The van der Waals surface area contributed by atoms with Crippen molar-refractivity contribution >= 4 is 40.0 Å². The minimum absolute atomic E-state index is 0.0144. The van der Waals surface area contributed by atoms with Crippen LogP contribution in [0.25, 0.3) is 10.9 Å². The first-order valence-corrected chi connectivity index (χ1v) is 12.8. The SMILES string of the molecule is COCC(=O)c1c(NC(=O)C2=CC=C(C(F)(F)F)CC2C)[nH]c2cc(N(C)C(=O)C3CCCCC3)ccc12. The summed E-state index contributed by atoms with van der Waals surface area (Å²) in [6.45, 7) is 1.33. The van der Waals surface area contributed by atoms with E-state index in [0.29, 0.717) is 16.6 Å². The molecule has 1 aromatic carbocycles. The maximum Gasteiger partial charge on any atom is 0.412 e. The highest BCUT2D eigenvalue weighted by atomic mass is 19.4. The minimum atomic E-state index is -4.45. The molecule has 204 valence electrons. The van der Waals surface area contributed by atoms with Crippen molar-refractivity contribution in [1.29, 1.82) is 0 Å². The maximum absolute atomic E-state index is 13.1. The number of ketones is 1. The fraction of sp³-hybridized carbons (Fsp3) is 0.464. The van der Waals surface area contributed by atoms with Crippen molar-refractivity contribution in [2.75, 3.05) is 31.0 Å². The van der Waals surface area contributed by atoms with Crippen LogP contribution in [0, 0.1) is 11.8 Å². The van der Waals surface area contributed by atoms with E-state index in [4.69, 9.17) is 4.74 Å². The third kappa shape index (κ3) is 5.70. The number of amides is 2. The molecule has 4 rings (SSSR count). The Morgan fingerprint density at radius 2 is 1.84 bits per heavy atom. The molecule has 1 heterocycles. The molecule has 0 radical (unpaired) electrons.